The molecule has 0 amide bonds. The molecule has 1 rings (SSSR count). The van der Waals surface area contributed by atoms with E-state index in [2.05, 4.69) is 0 Å². The van der Waals surface area contributed by atoms with Gasteiger partial charge in [-0.3, -0.25) is 4.79 Å². The zero-order valence-corrected chi connectivity index (χ0v) is 9.43. The minimum atomic E-state index is 0.0135. The van der Waals surface area contributed by atoms with Crippen LogP contribution in [0, 0.1) is 0 Å². The number of hydrogen-bond acceptors (Lipinski definition) is 2. The van der Waals surface area contributed by atoms with Gasteiger partial charge in [-0.05, 0) is 24.6 Å². The summed E-state index contributed by atoms with van der Waals surface area (Å²) in [7, 11) is 1.59. The Balaban J connectivity index is 3.06. The van der Waals surface area contributed by atoms with Crippen LogP contribution < -0.4 is 4.74 Å². The number of methoxy groups -OCH3 is 1. The highest BCUT2D eigenvalue weighted by atomic mass is 32.2. The normalized spacial score (nSPS) is 10.0. The number of rotatable bonds is 3. The van der Waals surface area contributed by atoms with E-state index in [9.17, 15) is 4.79 Å². The van der Waals surface area contributed by atoms with Gasteiger partial charge in [-0.15, -0.1) is 0 Å². The molecule has 0 aromatic heterocycles. The number of hydrogen-bond donors (Lipinski definition) is 0. The molecule has 0 aliphatic heterocycles. The molecule has 76 valence electrons. The van der Waals surface area contributed by atoms with Crippen molar-refractivity contribution >= 4 is 21.6 Å². The summed E-state index contributed by atoms with van der Waals surface area (Å²) in [5, 5.41) is 1.72. The Morgan fingerprint density at radius 2 is 2.00 bits per heavy atom. The van der Waals surface area contributed by atoms with Gasteiger partial charge >= 0.3 is 0 Å². The smallest absolute Gasteiger partial charge is 0.194 e. The zero-order valence-electron chi connectivity index (χ0n) is 8.61. The molecule has 0 atom stereocenters. The van der Waals surface area contributed by atoms with Crippen molar-refractivity contribution in [1.82, 2.24) is 0 Å². The molecule has 2 nitrogen and oxygen atoms in total. The van der Waals surface area contributed by atoms with E-state index in [1.54, 1.807) is 24.6 Å². The van der Waals surface area contributed by atoms with Crippen LogP contribution in [0.3, 0.4) is 0 Å². The number of carbonyl (C=O) groups is 1. The number of benzene rings is 1. The summed E-state index contributed by atoms with van der Waals surface area (Å²) in [5.41, 5.74) is 0.635. The highest BCUT2D eigenvalue weighted by Gasteiger charge is 2.07. The molecule has 0 aliphatic carbocycles. The maximum atomic E-state index is 11.7. The molecule has 1 aromatic rings. The van der Waals surface area contributed by atoms with E-state index < -0.39 is 0 Å². The van der Waals surface area contributed by atoms with Gasteiger partial charge < -0.3 is 4.74 Å². The highest BCUT2D eigenvalue weighted by Crippen LogP contribution is 2.17. The van der Waals surface area contributed by atoms with E-state index in [4.69, 9.17) is 4.74 Å². The fraction of sp³-hybridized carbons (Fsp3) is 0.273. The lowest BCUT2D eigenvalue weighted by Crippen LogP contribution is -2.02. The second-order valence-corrected chi connectivity index (χ2v) is 5.06. The van der Waals surface area contributed by atoms with Gasteiger partial charge in [-0.2, -0.15) is 10.5 Å². The van der Waals surface area contributed by atoms with Crippen molar-refractivity contribution in [3.05, 3.63) is 29.8 Å². The highest BCUT2D eigenvalue weighted by molar-refractivity contribution is 8.14. The third-order valence-corrected chi connectivity index (χ3v) is 2.40. The number of ether oxygens (including phenoxy) is 1. The fourth-order valence-corrected chi connectivity index (χ4v) is 1.68. The van der Waals surface area contributed by atoms with Crippen LogP contribution in [0.4, 0.5) is 0 Å². The Kier molecular flexibility index (Phi) is 3.89. The van der Waals surface area contributed by atoms with Crippen molar-refractivity contribution < 1.29 is 9.53 Å². The molecular formula is C11H14O2S. The average molecular weight is 210 g/mol. The Bertz CT molecular complexity index is 365. The van der Waals surface area contributed by atoms with Crippen molar-refractivity contribution in [1.29, 1.82) is 0 Å². The van der Waals surface area contributed by atoms with Crippen molar-refractivity contribution in [2.75, 3.05) is 19.6 Å². The molecule has 0 fully saturated rings. The first kappa shape index (κ1) is 11.0. The predicted octanol–water partition coefficient (Wildman–Crippen LogP) is 2.21. The average Bonchev–Trinajstić information content (AvgIpc) is 2.16. The van der Waals surface area contributed by atoms with E-state index in [-0.39, 0.29) is 16.3 Å². The molecule has 3 heteroatoms. The summed E-state index contributed by atoms with van der Waals surface area (Å²) in [6, 6.07) is 7.27. The number of ketones is 1. The van der Waals surface area contributed by atoms with Crippen molar-refractivity contribution in [3.63, 3.8) is 0 Å². The summed E-state index contributed by atoms with van der Waals surface area (Å²) >= 11 is 0. The SMILES string of the molecule is COc1ccccc1C(=O)C=S(C)C. The standard InChI is InChI=1S/C11H14O2S/c1-13-11-7-5-4-6-9(11)10(12)8-14(2)3/h4-8H,1-3H3. The molecule has 14 heavy (non-hydrogen) atoms. The van der Waals surface area contributed by atoms with Gasteiger partial charge in [0.15, 0.2) is 5.78 Å². The number of para-hydroxylation sites is 1. The van der Waals surface area contributed by atoms with Crippen LogP contribution in [0.5, 0.6) is 5.75 Å². The lowest BCUT2D eigenvalue weighted by molar-refractivity contribution is 0.107. The largest absolute Gasteiger partial charge is 0.496 e. The first-order chi connectivity index (χ1) is 6.65. The maximum Gasteiger partial charge on any atom is 0.194 e. The minimum absolute atomic E-state index is 0.0135. The predicted molar refractivity (Wildman–Crippen MR) is 62.8 cm³/mol. The molecule has 0 bridgehead atoms. The molecular weight excluding hydrogens is 196 g/mol. The van der Waals surface area contributed by atoms with Gasteiger partial charge in [0.25, 0.3) is 0 Å². The monoisotopic (exact) mass is 210 g/mol. The molecule has 0 aliphatic rings. The van der Waals surface area contributed by atoms with Crippen molar-refractivity contribution in [2.24, 2.45) is 0 Å². The summed E-state index contributed by atoms with van der Waals surface area (Å²) in [6.07, 6.45) is 4.01. The van der Waals surface area contributed by atoms with Gasteiger partial charge in [0, 0.05) is 5.37 Å². The van der Waals surface area contributed by atoms with Gasteiger partial charge in [0.05, 0.1) is 12.7 Å². The lowest BCUT2D eigenvalue weighted by Gasteiger charge is -2.04. The fourth-order valence-electron chi connectivity index (χ4n) is 1.13. The first-order valence-electron chi connectivity index (χ1n) is 4.23. The quantitative estimate of drug-likeness (QED) is 0.565. The van der Waals surface area contributed by atoms with Crippen LogP contribution in [-0.2, 0) is 0 Å². The molecule has 0 saturated carbocycles. The van der Waals surface area contributed by atoms with E-state index in [0.29, 0.717) is 11.3 Å². The molecule has 0 unspecified atom stereocenters. The molecule has 0 heterocycles. The van der Waals surface area contributed by atoms with Crippen molar-refractivity contribution in [3.8, 4) is 5.75 Å². The molecule has 0 spiro atoms. The van der Waals surface area contributed by atoms with Gasteiger partial charge in [-0.25, -0.2) is 0 Å². The summed E-state index contributed by atoms with van der Waals surface area (Å²) in [6.45, 7) is 0. The Labute approximate surface area is 86.8 Å². The van der Waals surface area contributed by atoms with E-state index in [1.807, 2.05) is 24.6 Å². The maximum absolute atomic E-state index is 11.7. The Hall–Kier alpha value is -1.09. The van der Waals surface area contributed by atoms with Gasteiger partial charge in [-0.1, -0.05) is 12.1 Å². The number of Topliss-reactive ketones (excluding diaryl/α,β-unsaturated/α-hetero) is 1. The topological polar surface area (TPSA) is 26.3 Å². The molecule has 0 saturated heterocycles. The van der Waals surface area contributed by atoms with E-state index >= 15 is 0 Å². The second kappa shape index (κ2) is 4.96. The lowest BCUT2D eigenvalue weighted by atomic mass is 10.1. The van der Waals surface area contributed by atoms with Crippen LogP contribution in [0.25, 0.3) is 0 Å². The van der Waals surface area contributed by atoms with Crippen LogP contribution in [0.2, 0.25) is 0 Å². The molecule has 0 N–H and O–H groups in total. The van der Waals surface area contributed by atoms with Crippen LogP contribution in [0.15, 0.2) is 24.3 Å². The molecule has 0 radical (unpaired) electrons. The van der Waals surface area contributed by atoms with Gasteiger partial charge in [0.1, 0.15) is 5.75 Å². The zero-order chi connectivity index (χ0) is 10.6. The Morgan fingerprint density at radius 1 is 1.36 bits per heavy atom. The summed E-state index contributed by atoms with van der Waals surface area (Å²) < 4.78 is 5.11. The van der Waals surface area contributed by atoms with E-state index in [1.165, 1.54) is 0 Å². The third kappa shape index (κ3) is 2.70. The first-order valence-corrected chi connectivity index (χ1v) is 6.34. The third-order valence-electron chi connectivity index (χ3n) is 1.72. The summed E-state index contributed by atoms with van der Waals surface area (Å²) in [4.78, 5) is 11.7. The molecule has 1 aromatic carbocycles. The van der Waals surface area contributed by atoms with E-state index in [0.717, 1.165) is 0 Å². The second-order valence-electron chi connectivity index (χ2n) is 3.06. The number of carbonyl (C=O) groups excluding carboxylic acids is 1. The summed E-state index contributed by atoms with van der Waals surface area (Å²) in [5.74, 6) is 0.676. The Morgan fingerprint density at radius 3 is 2.57 bits per heavy atom. The van der Waals surface area contributed by atoms with Crippen LogP contribution in [0.1, 0.15) is 10.4 Å². The van der Waals surface area contributed by atoms with Crippen LogP contribution in [-0.4, -0.2) is 30.8 Å². The van der Waals surface area contributed by atoms with Crippen molar-refractivity contribution in [2.45, 2.75) is 0 Å². The minimum Gasteiger partial charge on any atom is -0.496 e. The van der Waals surface area contributed by atoms with Gasteiger partial charge in [0.2, 0.25) is 0 Å². The van der Waals surface area contributed by atoms with Crippen LogP contribution >= 0.6 is 10.5 Å².